The van der Waals surface area contributed by atoms with E-state index in [1.54, 1.807) is 7.11 Å². The molecule has 2 aromatic carbocycles. The highest BCUT2D eigenvalue weighted by molar-refractivity contribution is 5.77. The van der Waals surface area contributed by atoms with Crippen LogP contribution in [-0.2, 0) is 17.8 Å². The summed E-state index contributed by atoms with van der Waals surface area (Å²) in [4.78, 5) is 16.6. The molecule has 0 saturated heterocycles. The molecule has 0 aliphatic carbocycles. The van der Waals surface area contributed by atoms with E-state index in [0.717, 1.165) is 54.2 Å². The molecule has 0 unspecified atom stereocenters. The van der Waals surface area contributed by atoms with Gasteiger partial charge in [0.1, 0.15) is 17.3 Å². The fourth-order valence-corrected chi connectivity index (χ4v) is 3.31. The van der Waals surface area contributed by atoms with E-state index >= 15 is 0 Å². The van der Waals surface area contributed by atoms with Crippen LogP contribution < -0.4 is 14.8 Å². The van der Waals surface area contributed by atoms with E-state index in [0.29, 0.717) is 13.2 Å². The highest BCUT2D eigenvalue weighted by Gasteiger charge is 2.11. The first-order valence-corrected chi connectivity index (χ1v) is 10.6. The number of fused-ring (bicyclic) bond motifs is 1. The van der Waals surface area contributed by atoms with Gasteiger partial charge in [0.2, 0.25) is 5.91 Å². The fraction of sp³-hybridized carbons (Fsp3) is 0.417. The fourth-order valence-electron chi connectivity index (χ4n) is 3.31. The van der Waals surface area contributed by atoms with Gasteiger partial charge in [-0.15, -0.1) is 0 Å². The number of aryl methyl sites for hydroxylation is 2. The molecule has 6 nitrogen and oxygen atoms in total. The number of rotatable bonds is 11. The molecule has 0 radical (unpaired) electrons. The quantitative estimate of drug-likeness (QED) is 0.482. The molecule has 0 aliphatic rings. The van der Waals surface area contributed by atoms with Gasteiger partial charge in [0.05, 0.1) is 24.8 Å². The SMILES string of the molecule is COc1ccc(OCCCn2c(CCCNC(=O)C(C)C)nc3ccccc32)cc1. The topological polar surface area (TPSA) is 65.4 Å². The van der Waals surface area contributed by atoms with Gasteiger partial charge in [-0.25, -0.2) is 4.98 Å². The Kier molecular flexibility index (Phi) is 7.71. The van der Waals surface area contributed by atoms with E-state index in [9.17, 15) is 4.79 Å². The van der Waals surface area contributed by atoms with Gasteiger partial charge < -0.3 is 19.4 Å². The molecular weight excluding hydrogens is 378 g/mol. The highest BCUT2D eigenvalue weighted by atomic mass is 16.5. The maximum atomic E-state index is 11.7. The minimum absolute atomic E-state index is 0.0141. The molecule has 3 aromatic rings. The highest BCUT2D eigenvalue weighted by Crippen LogP contribution is 2.19. The van der Waals surface area contributed by atoms with E-state index in [1.807, 2.05) is 56.3 Å². The Hall–Kier alpha value is -3.02. The van der Waals surface area contributed by atoms with Gasteiger partial charge in [-0.3, -0.25) is 4.79 Å². The monoisotopic (exact) mass is 409 g/mol. The van der Waals surface area contributed by atoms with Crippen LogP contribution in [-0.4, -0.2) is 35.7 Å². The van der Waals surface area contributed by atoms with Crippen LogP contribution in [0.5, 0.6) is 11.5 Å². The molecule has 0 atom stereocenters. The van der Waals surface area contributed by atoms with Crippen molar-refractivity contribution in [2.75, 3.05) is 20.3 Å². The maximum absolute atomic E-state index is 11.7. The van der Waals surface area contributed by atoms with Crippen LogP contribution in [0.3, 0.4) is 0 Å². The van der Waals surface area contributed by atoms with E-state index in [4.69, 9.17) is 14.5 Å². The molecule has 30 heavy (non-hydrogen) atoms. The van der Waals surface area contributed by atoms with Gasteiger partial charge in [0.15, 0.2) is 0 Å². The third-order valence-corrected chi connectivity index (χ3v) is 4.99. The number of amides is 1. The van der Waals surface area contributed by atoms with Crippen LogP contribution >= 0.6 is 0 Å². The van der Waals surface area contributed by atoms with Gasteiger partial charge in [0.25, 0.3) is 0 Å². The van der Waals surface area contributed by atoms with Gasteiger partial charge in [-0.1, -0.05) is 26.0 Å². The Bertz CT molecular complexity index is 948. The summed E-state index contributed by atoms with van der Waals surface area (Å²) in [5.41, 5.74) is 2.15. The maximum Gasteiger partial charge on any atom is 0.222 e. The Morgan fingerprint density at radius 2 is 1.80 bits per heavy atom. The normalized spacial score (nSPS) is 11.1. The minimum Gasteiger partial charge on any atom is -0.497 e. The van der Waals surface area contributed by atoms with E-state index in [-0.39, 0.29) is 11.8 Å². The van der Waals surface area contributed by atoms with E-state index in [1.165, 1.54) is 0 Å². The van der Waals surface area contributed by atoms with Crippen molar-refractivity contribution in [3.05, 3.63) is 54.4 Å². The Morgan fingerprint density at radius 3 is 2.53 bits per heavy atom. The van der Waals surface area contributed by atoms with E-state index in [2.05, 4.69) is 16.0 Å². The smallest absolute Gasteiger partial charge is 0.222 e. The van der Waals surface area contributed by atoms with Gasteiger partial charge in [-0.2, -0.15) is 0 Å². The molecule has 160 valence electrons. The number of nitrogens with one attached hydrogen (secondary N) is 1. The zero-order valence-corrected chi connectivity index (χ0v) is 18.1. The number of benzene rings is 2. The van der Waals surface area contributed by atoms with Crippen molar-refractivity contribution in [2.45, 2.75) is 39.7 Å². The minimum atomic E-state index is 0.0141. The van der Waals surface area contributed by atoms with Crippen molar-refractivity contribution in [3.8, 4) is 11.5 Å². The number of hydrogen-bond donors (Lipinski definition) is 1. The first kappa shape index (κ1) is 21.7. The average molecular weight is 410 g/mol. The summed E-state index contributed by atoms with van der Waals surface area (Å²) >= 11 is 0. The average Bonchev–Trinajstić information content (AvgIpc) is 3.11. The third-order valence-electron chi connectivity index (χ3n) is 4.99. The number of carbonyl (C=O) groups is 1. The lowest BCUT2D eigenvalue weighted by Crippen LogP contribution is -2.28. The summed E-state index contributed by atoms with van der Waals surface area (Å²) in [5.74, 6) is 2.83. The van der Waals surface area contributed by atoms with Crippen LogP contribution in [0.1, 0.15) is 32.5 Å². The van der Waals surface area contributed by atoms with Crippen LogP contribution in [0.4, 0.5) is 0 Å². The zero-order chi connectivity index (χ0) is 21.3. The third kappa shape index (κ3) is 5.75. The van der Waals surface area contributed by atoms with Gasteiger partial charge >= 0.3 is 0 Å². The first-order chi connectivity index (χ1) is 14.6. The molecule has 0 saturated carbocycles. The molecule has 1 N–H and O–H groups in total. The second kappa shape index (κ2) is 10.7. The number of carbonyl (C=O) groups excluding carboxylic acids is 1. The van der Waals surface area contributed by atoms with Gasteiger partial charge in [0, 0.05) is 25.4 Å². The number of nitrogens with zero attached hydrogens (tertiary/aromatic N) is 2. The number of ether oxygens (including phenoxy) is 2. The summed E-state index contributed by atoms with van der Waals surface area (Å²) in [7, 11) is 1.65. The number of methoxy groups -OCH3 is 1. The largest absolute Gasteiger partial charge is 0.497 e. The molecule has 0 aliphatic heterocycles. The summed E-state index contributed by atoms with van der Waals surface area (Å²) in [6.45, 7) is 5.94. The number of hydrogen-bond acceptors (Lipinski definition) is 4. The molecule has 1 heterocycles. The van der Waals surface area contributed by atoms with Crippen LogP contribution in [0.2, 0.25) is 0 Å². The van der Waals surface area contributed by atoms with Crippen molar-refractivity contribution in [1.29, 1.82) is 0 Å². The van der Waals surface area contributed by atoms with E-state index < -0.39 is 0 Å². The van der Waals surface area contributed by atoms with Crippen molar-refractivity contribution >= 4 is 16.9 Å². The Morgan fingerprint density at radius 1 is 1.07 bits per heavy atom. The molecule has 3 rings (SSSR count). The van der Waals surface area contributed by atoms with Crippen molar-refractivity contribution < 1.29 is 14.3 Å². The van der Waals surface area contributed by atoms with Crippen LogP contribution in [0.25, 0.3) is 11.0 Å². The summed E-state index contributed by atoms with van der Waals surface area (Å²) in [6, 6.07) is 15.8. The van der Waals surface area contributed by atoms with Crippen molar-refractivity contribution in [2.24, 2.45) is 5.92 Å². The lowest BCUT2D eigenvalue weighted by molar-refractivity contribution is -0.123. The van der Waals surface area contributed by atoms with Gasteiger partial charge in [-0.05, 0) is 49.2 Å². The predicted octanol–water partition coefficient (Wildman–Crippen LogP) is 4.22. The second-order valence-corrected chi connectivity index (χ2v) is 7.60. The summed E-state index contributed by atoms with van der Waals surface area (Å²) in [6.07, 6.45) is 2.57. The molecule has 0 spiro atoms. The summed E-state index contributed by atoms with van der Waals surface area (Å²) < 4.78 is 13.3. The standard InChI is InChI=1S/C24H31N3O3/c1-18(2)24(28)25-15-6-10-23-26-21-8-4-5-9-22(21)27(23)16-7-17-30-20-13-11-19(29-3)12-14-20/h4-5,8-9,11-14,18H,6-7,10,15-17H2,1-3H3,(H,25,28). The van der Waals surface area contributed by atoms with Crippen molar-refractivity contribution in [3.63, 3.8) is 0 Å². The number of imidazole rings is 1. The Labute approximate surface area is 178 Å². The predicted molar refractivity (Wildman–Crippen MR) is 119 cm³/mol. The molecule has 0 bridgehead atoms. The Balaban J connectivity index is 1.56. The molecule has 6 heteroatoms. The lowest BCUT2D eigenvalue weighted by Gasteiger charge is -2.11. The lowest BCUT2D eigenvalue weighted by atomic mass is 10.2. The van der Waals surface area contributed by atoms with Crippen molar-refractivity contribution in [1.82, 2.24) is 14.9 Å². The van der Waals surface area contributed by atoms with Crippen LogP contribution in [0.15, 0.2) is 48.5 Å². The molecular formula is C24H31N3O3. The first-order valence-electron chi connectivity index (χ1n) is 10.6. The number of aromatic nitrogens is 2. The second-order valence-electron chi connectivity index (χ2n) is 7.60. The molecule has 1 amide bonds. The van der Waals surface area contributed by atoms with Crippen LogP contribution in [0, 0.1) is 5.92 Å². The number of para-hydroxylation sites is 2. The molecule has 1 aromatic heterocycles. The summed E-state index contributed by atoms with van der Waals surface area (Å²) in [5, 5.41) is 2.98. The zero-order valence-electron chi connectivity index (χ0n) is 18.1. The molecule has 0 fully saturated rings.